The molecule has 0 spiro atoms. The van der Waals surface area contributed by atoms with Gasteiger partial charge in [0.15, 0.2) is 0 Å². The van der Waals surface area contributed by atoms with Crippen LogP contribution in [0.15, 0.2) is 121 Å². The molecular formula is C30H28N2O. The summed E-state index contributed by atoms with van der Waals surface area (Å²) in [5.41, 5.74) is 5.29. The van der Waals surface area contributed by atoms with Gasteiger partial charge in [0.25, 0.3) is 0 Å². The second-order valence-corrected chi connectivity index (χ2v) is 8.53. The van der Waals surface area contributed by atoms with Crippen LogP contribution in [0.2, 0.25) is 0 Å². The number of rotatable bonds is 5. The molecule has 1 fully saturated rings. The predicted molar refractivity (Wildman–Crippen MR) is 134 cm³/mol. The molecule has 4 aromatic rings. The van der Waals surface area contributed by atoms with Gasteiger partial charge in [-0.2, -0.15) is 0 Å². The molecule has 1 aliphatic rings. The second kappa shape index (κ2) is 9.53. The molecule has 3 aromatic carbocycles. The number of hydrogen-bond acceptors (Lipinski definition) is 3. The number of piperidine rings is 1. The molecule has 164 valence electrons. The third-order valence-corrected chi connectivity index (χ3v) is 6.58. The highest BCUT2D eigenvalue weighted by Gasteiger charge is 2.44. The molecular weight excluding hydrogens is 404 g/mol. The van der Waals surface area contributed by atoms with Crippen molar-refractivity contribution in [2.24, 2.45) is 0 Å². The summed E-state index contributed by atoms with van der Waals surface area (Å²) in [6.45, 7) is 1.45. The van der Waals surface area contributed by atoms with Gasteiger partial charge in [-0.3, -0.25) is 9.88 Å². The Labute approximate surface area is 195 Å². The van der Waals surface area contributed by atoms with Crippen LogP contribution in [0.3, 0.4) is 0 Å². The first-order valence-electron chi connectivity index (χ1n) is 11.5. The van der Waals surface area contributed by atoms with E-state index in [1.54, 1.807) is 12.4 Å². The lowest BCUT2D eigenvalue weighted by molar-refractivity contribution is 0.0872. The van der Waals surface area contributed by atoms with Crippen molar-refractivity contribution >= 4 is 6.08 Å². The van der Waals surface area contributed by atoms with Crippen LogP contribution < -0.4 is 0 Å². The summed E-state index contributed by atoms with van der Waals surface area (Å²) in [6.07, 6.45) is 5.94. The summed E-state index contributed by atoms with van der Waals surface area (Å²) in [5, 5.41) is 10.9. The van der Waals surface area contributed by atoms with E-state index >= 15 is 0 Å². The van der Waals surface area contributed by atoms with Gasteiger partial charge >= 0.3 is 0 Å². The fraction of sp³-hybridized carbons (Fsp3) is 0.167. The number of pyridine rings is 1. The topological polar surface area (TPSA) is 36.4 Å². The maximum Gasteiger partial charge on any atom is 0.0975 e. The summed E-state index contributed by atoms with van der Waals surface area (Å²) in [6, 6.07) is 36.2. The highest BCUT2D eigenvalue weighted by molar-refractivity contribution is 5.55. The Kier molecular flexibility index (Phi) is 6.16. The van der Waals surface area contributed by atoms with Gasteiger partial charge in [-0.05, 0) is 46.4 Å². The maximum atomic E-state index is 10.9. The Balaban J connectivity index is 1.70. The van der Waals surface area contributed by atoms with Crippen LogP contribution in [0.25, 0.3) is 6.08 Å². The van der Waals surface area contributed by atoms with Gasteiger partial charge in [0.05, 0.1) is 11.6 Å². The summed E-state index contributed by atoms with van der Waals surface area (Å²) in [7, 11) is 0. The number of likely N-dealkylation sites (tertiary alicyclic amines) is 1. The van der Waals surface area contributed by atoms with E-state index in [0.717, 1.165) is 17.7 Å². The van der Waals surface area contributed by atoms with Crippen LogP contribution >= 0.6 is 0 Å². The molecule has 3 heteroatoms. The minimum absolute atomic E-state index is 0.450. The Bertz CT molecular complexity index is 1090. The van der Waals surface area contributed by atoms with Gasteiger partial charge in [0, 0.05) is 25.5 Å². The Morgan fingerprint density at radius 3 is 1.70 bits per heavy atom. The molecule has 5 rings (SSSR count). The van der Waals surface area contributed by atoms with Gasteiger partial charge in [0.2, 0.25) is 0 Å². The molecule has 0 bridgehead atoms. The lowest BCUT2D eigenvalue weighted by atomic mass is 9.74. The standard InChI is InChI=1S/C30H28N2O/c33-29-18-21-32(23-25(29)22-24-16-19-31-20-17-24)30(26-10-4-1-5-11-26,27-12-6-2-7-13-27)28-14-8-3-9-15-28/h1-17,19-20,22,29,33H,18,21,23H2. The first-order chi connectivity index (χ1) is 16.3. The molecule has 0 saturated carbocycles. The van der Waals surface area contributed by atoms with E-state index in [0.29, 0.717) is 13.0 Å². The quantitative estimate of drug-likeness (QED) is 0.422. The SMILES string of the molecule is OC1CCN(C(c2ccccc2)(c2ccccc2)c2ccccc2)CC1=Cc1ccncc1. The molecule has 1 unspecified atom stereocenters. The Hall–Kier alpha value is -3.53. The summed E-state index contributed by atoms with van der Waals surface area (Å²) in [5.74, 6) is 0. The highest BCUT2D eigenvalue weighted by Crippen LogP contribution is 2.44. The van der Waals surface area contributed by atoms with Crippen molar-refractivity contribution in [1.29, 1.82) is 0 Å². The fourth-order valence-corrected chi connectivity index (χ4v) is 5.06. The van der Waals surface area contributed by atoms with Crippen LogP contribution in [0.5, 0.6) is 0 Å². The molecule has 1 aromatic heterocycles. The number of aliphatic hydroxyl groups excluding tert-OH is 1. The van der Waals surface area contributed by atoms with Gasteiger partial charge in [-0.15, -0.1) is 0 Å². The van der Waals surface area contributed by atoms with Crippen LogP contribution in [0.1, 0.15) is 28.7 Å². The normalized spacial score (nSPS) is 18.3. The smallest absolute Gasteiger partial charge is 0.0975 e. The third-order valence-electron chi connectivity index (χ3n) is 6.58. The molecule has 33 heavy (non-hydrogen) atoms. The number of aromatic nitrogens is 1. The van der Waals surface area contributed by atoms with Crippen molar-refractivity contribution in [2.45, 2.75) is 18.1 Å². The fourth-order valence-electron chi connectivity index (χ4n) is 5.06. The van der Waals surface area contributed by atoms with E-state index in [2.05, 4.69) is 107 Å². The van der Waals surface area contributed by atoms with Gasteiger partial charge in [-0.1, -0.05) is 97.1 Å². The largest absolute Gasteiger partial charge is 0.389 e. The van der Waals surface area contributed by atoms with Crippen molar-refractivity contribution in [3.63, 3.8) is 0 Å². The van der Waals surface area contributed by atoms with E-state index in [9.17, 15) is 5.11 Å². The molecule has 1 saturated heterocycles. The van der Waals surface area contributed by atoms with Crippen LogP contribution in [0, 0.1) is 0 Å². The number of nitrogens with zero attached hydrogens (tertiary/aromatic N) is 2. The number of aliphatic hydroxyl groups is 1. The van der Waals surface area contributed by atoms with E-state index < -0.39 is 11.6 Å². The van der Waals surface area contributed by atoms with E-state index in [1.165, 1.54) is 16.7 Å². The van der Waals surface area contributed by atoms with Crippen molar-refractivity contribution in [3.8, 4) is 0 Å². The average molecular weight is 433 g/mol. The minimum Gasteiger partial charge on any atom is -0.389 e. The predicted octanol–water partition coefficient (Wildman–Crippen LogP) is 5.52. The van der Waals surface area contributed by atoms with E-state index in [4.69, 9.17) is 0 Å². The molecule has 0 radical (unpaired) electrons. The maximum absolute atomic E-state index is 10.9. The summed E-state index contributed by atoms with van der Waals surface area (Å²) < 4.78 is 0. The molecule has 0 amide bonds. The lowest BCUT2D eigenvalue weighted by Crippen LogP contribution is -2.52. The zero-order valence-corrected chi connectivity index (χ0v) is 18.6. The molecule has 1 aliphatic heterocycles. The minimum atomic E-state index is -0.471. The molecule has 3 nitrogen and oxygen atoms in total. The highest BCUT2D eigenvalue weighted by atomic mass is 16.3. The Morgan fingerprint density at radius 1 is 0.727 bits per heavy atom. The number of benzene rings is 3. The van der Waals surface area contributed by atoms with Crippen molar-refractivity contribution < 1.29 is 5.11 Å². The molecule has 1 atom stereocenters. The van der Waals surface area contributed by atoms with Crippen LogP contribution in [-0.2, 0) is 5.54 Å². The summed E-state index contributed by atoms with van der Waals surface area (Å²) >= 11 is 0. The van der Waals surface area contributed by atoms with Crippen LogP contribution in [-0.4, -0.2) is 34.2 Å². The lowest BCUT2D eigenvalue weighted by Gasteiger charge is -2.48. The third kappa shape index (κ3) is 4.13. The van der Waals surface area contributed by atoms with Gasteiger partial charge < -0.3 is 5.11 Å². The first kappa shape index (κ1) is 21.3. The first-order valence-corrected chi connectivity index (χ1v) is 11.5. The van der Waals surface area contributed by atoms with Crippen LogP contribution in [0.4, 0.5) is 0 Å². The molecule has 0 aliphatic carbocycles. The second-order valence-electron chi connectivity index (χ2n) is 8.53. The zero-order chi connectivity index (χ0) is 22.5. The van der Waals surface area contributed by atoms with E-state index in [-0.39, 0.29) is 0 Å². The monoisotopic (exact) mass is 432 g/mol. The molecule has 1 N–H and O–H groups in total. The number of hydrogen-bond donors (Lipinski definition) is 1. The van der Waals surface area contributed by atoms with Gasteiger partial charge in [-0.25, -0.2) is 0 Å². The van der Waals surface area contributed by atoms with Crippen molar-refractivity contribution in [2.75, 3.05) is 13.1 Å². The Morgan fingerprint density at radius 2 is 1.21 bits per heavy atom. The summed E-state index contributed by atoms with van der Waals surface area (Å²) in [4.78, 5) is 6.65. The van der Waals surface area contributed by atoms with Gasteiger partial charge in [0.1, 0.15) is 0 Å². The average Bonchev–Trinajstić information content (AvgIpc) is 2.89. The van der Waals surface area contributed by atoms with Crippen molar-refractivity contribution in [3.05, 3.63) is 143 Å². The molecule has 2 heterocycles. The zero-order valence-electron chi connectivity index (χ0n) is 18.6. The van der Waals surface area contributed by atoms with Crippen molar-refractivity contribution in [1.82, 2.24) is 9.88 Å². The van der Waals surface area contributed by atoms with E-state index in [1.807, 2.05) is 12.1 Å².